The number of hydrogen-bond donors (Lipinski definition) is 0. The van der Waals surface area contributed by atoms with E-state index in [0.29, 0.717) is 17.9 Å². The summed E-state index contributed by atoms with van der Waals surface area (Å²) in [6.45, 7) is 5.11. The Hall–Kier alpha value is -1.69. The molecule has 1 aromatic heterocycles. The highest BCUT2D eigenvalue weighted by atomic mass is 16.2. The first-order valence-corrected chi connectivity index (χ1v) is 10.7. The molecule has 3 atom stereocenters. The maximum Gasteiger partial charge on any atom is 0.227 e. The van der Waals surface area contributed by atoms with Gasteiger partial charge in [0.25, 0.3) is 0 Å². The van der Waals surface area contributed by atoms with E-state index >= 15 is 0 Å². The fourth-order valence-corrected chi connectivity index (χ4v) is 5.36. The first-order valence-electron chi connectivity index (χ1n) is 10.7. The number of nitrogens with zero attached hydrogens (tertiary/aromatic N) is 5. The molecule has 6 heteroatoms. The van der Waals surface area contributed by atoms with Crippen LogP contribution in [0.25, 0.3) is 0 Å². The van der Waals surface area contributed by atoms with E-state index in [4.69, 9.17) is 0 Å². The standard InChI is InChI=1S/C21H33N5O/c1-24(15-17-7-4-13-25-12-3-2-9-19(17)25)20(27)18-8-5-14-26(16-18)21-22-10-6-11-23-21/h6,10-11,17-19H,2-5,7-9,12-16H2,1H3/t17-,18?,19+/m0/s1. The molecule has 0 spiro atoms. The summed E-state index contributed by atoms with van der Waals surface area (Å²) in [6, 6.07) is 2.53. The van der Waals surface area contributed by atoms with Crippen molar-refractivity contribution < 1.29 is 4.79 Å². The van der Waals surface area contributed by atoms with Gasteiger partial charge in [0.05, 0.1) is 5.92 Å². The average Bonchev–Trinajstić information content (AvgIpc) is 2.74. The van der Waals surface area contributed by atoms with E-state index in [1.165, 1.54) is 45.2 Å². The van der Waals surface area contributed by atoms with Crippen LogP contribution in [0.5, 0.6) is 0 Å². The van der Waals surface area contributed by atoms with Gasteiger partial charge in [0.15, 0.2) is 0 Å². The van der Waals surface area contributed by atoms with Crippen molar-refractivity contribution in [1.29, 1.82) is 0 Å². The van der Waals surface area contributed by atoms with Gasteiger partial charge < -0.3 is 14.7 Å². The van der Waals surface area contributed by atoms with Gasteiger partial charge >= 0.3 is 0 Å². The van der Waals surface area contributed by atoms with Crippen LogP contribution in [0.15, 0.2) is 18.5 Å². The van der Waals surface area contributed by atoms with Crippen LogP contribution in [0, 0.1) is 11.8 Å². The van der Waals surface area contributed by atoms with Crippen LogP contribution in [0.2, 0.25) is 0 Å². The third-order valence-corrected chi connectivity index (χ3v) is 6.72. The second-order valence-corrected chi connectivity index (χ2v) is 8.55. The van der Waals surface area contributed by atoms with Crippen molar-refractivity contribution in [1.82, 2.24) is 19.8 Å². The summed E-state index contributed by atoms with van der Waals surface area (Å²) in [5.74, 6) is 1.77. The van der Waals surface area contributed by atoms with E-state index < -0.39 is 0 Å². The van der Waals surface area contributed by atoms with Crippen LogP contribution in [0.4, 0.5) is 5.95 Å². The lowest BCUT2D eigenvalue weighted by Gasteiger charge is -2.45. The molecule has 148 valence electrons. The first-order chi connectivity index (χ1) is 13.2. The van der Waals surface area contributed by atoms with Crippen molar-refractivity contribution in [3.63, 3.8) is 0 Å². The molecule has 0 aliphatic carbocycles. The number of carbonyl (C=O) groups excluding carboxylic acids is 1. The summed E-state index contributed by atoms with van der Waals surface area (Å²) < 4.78 is 0. The van der Waals surface area contributed by atoms with Gasteiger partial charge in [0.2, 0.25) is 11.9 Å². The zero-order valence-electron chi connectivity index (χ0n) is 16.6. The van der Waals surface area contributed by atoms with Crippen LogP contribution >= 0.6 is 0 Å². The predicted molar refractivity (Wildman–Crippen MR) is 107 cm³/mol. The Morgan fingerprint density at radius 2 is 1.85 bits per heavy atom. The Kier molecular flexibility index (Phi) is 5.91. The van der Waals surface area contributed by atoms with Gasteiger partial charge in [0, 0.05) is 45.1 Å². The Morgan fingerprint density at radius 1 is 1.07 bits per heavy atom. The number of aromatic nitrogens is 2. The smallest absolute Gasteiger partial charge is 0.227 e. The van der Waals surface area contributed by atoms with Crippen molar-refractivity contribution in [3.8, 4) is 0 Å². The number of fused-ring (bicyclic) bond motifs is 1. The third-order valence-electron chi connectivity index (χ3n) is 6.72. The molecule has 3 saturated heterocycles. The quantitative estimate of drug-likeness (QED) is 0.814. The lowest BCUT2D eigenvalue weighted by Crippen LogP contribution is -2.52. The highest BCUT2D eigenvalue weighted by molar-refractivity contribution is 5.79. The summed E-state index contributed by atoms with van der Waals surface area (Å²) in [4.78, 5) is 28.8. The zero-order valence-corrected chi connectivity index (χ0v) is 16.6. The van der Waals surface area contributed by atoms with E-state index in [-0.39, 0.29) is 5.92 Å². The number of amides is 1. The second kappa shape index (κ2) is 8.55. The average molecular weight is 372 g/mol. The fourth-order valence-electron chi connectivity index (χ4n) is 5.36. The Labute approximate surface area is 162 Å². The van der Waals surface area contributed by atoms with Crippen molar-refractivity contribution in [3.05, 3.63) is 18.5 Å². The molecule has 4 rings (SSSR count). The van der Waals surface area contributed by atoms with Crippen molar-refractivity contribution in [2.45, 2.75) is 51.0 Å². The lowest BCUT2D eigenvalue weighted by molar-refractivity contribution is -0.135. The summed E-state index contributed by atoms with van der Waals surface area (Å²) in [6.07, 6.45) is 12.1. The molecular weight excluding hydrogens is 338 g/mol. The van der Waals surface area contributed by atoms with Gasteiger partial charge in [-0.05, 0) is 63.6 Å². The molecule has 0 radical (unpaired) electrons. The molecule has 3 aliphatic rings. The van der Waals surface area contributed by atoms with E-state index in [2.05, 4.69) is 19.8 Å². The summed E-state index contributed by atoms with van der Waals surface area (Å²) in [5.41, 5.74) is 0. The Morgan fingerprint density at radius 3 is 2.70 bits per heavy atom. The molecule has 4 heterocycles. The topological polar surface area (TPSA) is 52.6 Å². The number of carbonyl (C=O) groups is 1. The molecular formula is C21H33N5O. The van der Waals surface area contributed by atoms with Gasteiger partial charge in [-0.25, -0.2) is 9.97 Å². The van der Waals surface area contributed by atoms with E-state index in [9.17, 15) is 4.79 Å². The predicted octanol–water partition coefficient (Wildman–Crippen LogP) is 2.42. The molecule has 3 fully saturated rings. The molecule has 1 aromatic rings. The van der Waals surface area contributed by atoms with Crippen molar-refractivity contribution in [2.75, 3.05) is 44.7 Å². The lowest BCUT2D eigenvalue weighted by atomic mass is 9.83. The van der Waals surface area contributed by atoms with Crippen molar-refractivity contribution in [2.24, 2.45) is 11.8 Å². The minimum atomic E-state index is 0.0682. The minimum Gasteiger partial charge on any atom is -0.345 e. The minimum absolute atomic E-state index is 0.0682. The van der Waals surface area contributed by atoms with Crippen LogP contribution < -0.4 is 4.90 Å². The van der Waals surface area contributed by atoms with Gasteiger partial charge in [-0.2, -0.15) is 0 Å². The molecule has 0 saturated carbocycles. The molecule has 0 N–H and O–H groups in total. The van der Waals surface area contributed by atoms with Gasteiger partial charge in [-0.1, -0.05) is 6.42 Å². The summed E-state index contributed by atoms with van der Waals surface area (Å²) in [7, 11) is 2.02. The maximum atomic E-state index is 13.2. The molecule has 3 aliphatic heterocycles. The molecule has 0 aromatic carbocycles. The summed E-state index contributed by atoms with van der Waals surface area (Å²) in [5, 5.41) is 0. The summed E-state index contributed by atoms with van der Waals surface area (Å²) >= 11 is 0. The van der Waals surface area contributed by atoms with Crippen molar-refractivity contribution >= 4 is 11.9 Å². The monoisotopic (exact) mass is 371 g/mol. The van der Waals surface area contributed by atoms with E-state index in [1.807, 2.05) is 18.0 Å². The first kappa shape index (κ1) is 18.7. The van der Waals surface area contributed by atoms with Crippen LogP contribution in [0.3, 0.4) is 0 Å². The van der Waals surface area contributed by atoms with Gasteiger partial charge in [-0.3, -0.25) is 4.79 Å². The fraction of sp³-hybridized carbons (Fsp3) is 0.762. The molecule has 1 amide bonds. The molecule has 1 unspecified atom stereocenters. The Balaban J connectivity index is 1.35. The van der Waals surface area contributed by atoms with Crippen LogP contribution in [0.1, 0.15) is 44.9 Å². The Bertz CT molecular complexity index is 622. The van der Waals surface area contributed by atoms with E-state index in [1.54, 1.807) is 12.4 Å². The highest BCUT2D eigenvalue weighted by Gasteiger charge is 2.35. The van der Waals surface area contributed by atoms with E-state index in [0.717, 1.165) is 38.4 Å². The zero-order chi connectivity index (χ0) is 18.6. The maximum absolute atomic E-state index is 13.2. The van der Waals surface area contributed by atoms with Crippen LogP contribution in [-0.2, 0) is 4.79 Å². The molecule has 0 bridgehead atoms. The number of anilines is 1. The molecule has 27 heavy (non-hydrogen) atoms. The normalized spacial score (nSPS) is 29.2. The van der Waals surface area contributed by atoms with Crippen LogP contribution in [-0.4, -0.2) is 71.5 Å². The SMILES string of the molecule is CN(C[C@@H]1CCCN2CCCC[C@H]12)C(=O)C1CCCN(c2ncccn2)C1. The highest BCUT2D eigenvalue weighted by Crippen LogP contribution is 2.32. The van der Waals surface area contributed by atoms with Gasteiger partial charge in [-0.15, -0.1) is 0 Å². The molecule has 6 nitrogen and oxygen atoms in total. The van der Waals surface area contributed by atoms with Gasteiger partial charge in [0.1, 0.15) is 0 Å². The number of hydrogen-bond acceptors (Lipinski definition) is 5. The number of piperidine rings is 3. The number of rotatable bonds is 4. The largest absolute Gasteiger partial charge is 0.345 e. The third kappa shape index (κ3) is 4.26. The second-order valence-electron chi connectivity index (χ2n) is 8.55.